The normalized spacial score (nSPS) is 13.4. The number of fused-ring (bicyclic) bond motifs is 29. The van der Waals surface area contributed by atoms with Crippen molar-refractivity contribution in [1.29, 1.82) is 0 Å². The van der Waals surface area contributed by atoms with E-state index in [-0.39, 0.29) is 0 Å². The number of furan rings is 3. The van der Waals surface area contributed by atoms with E-state index in [2.05, 4.69) is 362 Å². The molecule has 2 aliphatic heterocycles. The maximum Gasteiger partial charge on any atom is 0.137 e. The molecule has 0 fully saturated rings. The number of rotatable bonds is 7. The zero-order valence-electron chi connectivity index (χ0n) is 56.6. The molecular weight excluding hydrogens is 1290 g/mol. The maximum atomic E-state index is 6.69. The molecule has 0 unspecified atom stereocenters. The molecule has 16 aromatic carbocycles. The van der Waals surface area contributed by atoms with Crippen LogP contribution in [0.2, 0.25) is 0 Å². The Kier molecular flexibility index (Phi) is 12.8. The second-order valence-corrected chi connectivity index (χ2v) is 27.6. The topological polar surface area (TPSA) is 64.4 Å². The van der Waals surface area contributed by atoms with Gasteiger partial charge in [-0.05, 0) is 183 Å². The Morgan fingerprint density at radius 2 is 0.533 bits per heavy atom. The van der Waals surface area contributed by atoms with Crippen molar-refractivity contribution in [3.63, 3.8) is 0 Å². The van der Waals surface area contributed by atoms with Crippen molar-refractivity contribution < 1.29 is 22.7 Å². The van der Waals surface area contributed by atoms with Crippen molar-refractivity contribution in [1.82, 2.24) is 0 Å². The zero-order chi connectivity index (χ0) is 68.9. The van der Waals surface area contributed by atoms with Gasteiger partial charge in [0.2, 0.25) is 0 Å². The highest BCUT2D eigenvalue weighted by molar-refractivity contribution is 6.18. The van der Waals surface area contributed by atoms with Crippen LogP contribution in [0.3, 0.4) is 0 Å². The Hall–Kier alpha value is -13.9. The third-order valence-corrected chi connectivity index (χ3v) is 22.3. The Balaban J connectivity index is 0.000000132. The summed E-state index contributed by atoms with van der Waals surface area (Å²) in [7, 11) is 0. The van der Waals surface area contributed by atoms with E-state index in [0.717, 1.165) is 145 Å². The van der Waals surface area contributed by atoms with Crippen molar-refractivity contribution in [2.45, 2.75) is 10.8 Å². The molecular formula is C98H60N2O5. The molecule has 5 heterocycles. The third kappa shape index (κ3) is 8.55. The second kappa shape index (κ2) is 22.8. The Bertz CT molecular complexity index is 6660. The summed E-state index contributed by atoms with van der Waals surface area (Å²) in [6.45, 7) is 0. The van der Waals surface area contributed by atoms with Crippen LogP contribution in [0.4, 0.5) is 34.1 Å². The summed E-state index contributed by atoms with van der Waals surface area (Å²) in [5, 5.41) is 6.63. The molecule has 2 aliphatic carbocycles. The molecule has 23 rings (SSSR count). The van der Waals surface area contributed by atoms with Gasteiger partial charge in [-0.25, -0.2) is 0 Å². The van der Waals surface area contributed by atoms with Crippen LogP contribution < -0.4 is 19.3 Å². The minimum atomic E-state index is -0.551. The lowest BCUT2D eigenvalue weighted by Gasteiger charge is -2.39. The molecule has 3 aromatic heterocycles. The van der Waals surface area contributed by atoms with Crippen molar-refractivity contribution in [2.24, 2.45) is 0 Å². The van der Waals surface area contributed by atoms with Crippen LogP contribution in [0, 0.1) is 0 Å². The number of para-hydroxylation sites is 7. The van der Waals surface area contributed by atoms with Gasteiger partial charge in [0.1, 0.15) is 56.5 Å². The average Bonchev–Trinajstić information content (AvgIpc) is 1.52. The fraction of sp³-hybridized carbons (Fsp3) is 0.0204. The fourth-order valence-electron chi connectivity index (χ4n) is 18.0. The lowest BCUT2D eigenvalue weighted by molar-refractivity contribution is 0.436. The van der Waals surface area contributed by atoms with Crippen LogP contribution in [-0.2, 0) is 10.8 Å². The molecule has 4 aliphatic rings. The molecule has 0 radical (unpaired) electrons. The first-order valence-electron chi connectivity index (χ1n) is 35.8. The number of hydrogen-bond acceptors (Lipinski definition) is 7. The van der Waals surface area contributed by atoms with Crippen LogP contribution in [0.25, 0.3) is 99.2 Å². The molecule has 2 spiro atoms. The van der Waals surface area contributed by atoms with E-state index >= 15 is 0 Å². The number of ether oxygens (including phenoxy) is 2. The first kappa shape index (κ1) is 58.9. The zero-order valence-corrected chi connectivity index (χ0v) is 56.6. The number of anilines is 6. The van der Waals surface area contributed by atoms with Gasteiger partial charge < -0.3 is 32.5 Å². The molecule has 0 amide bonds. The smallest absolute Gasteiger partial charge is 0.137 e. The van der Waals surface area contributed by atoms with Gasteiger partial charge in [0.25, 0.3) is 0 Å². The lowest BCUT2D eigenvalue weighted by Crippen LogP contribution is -2.32. The lowest BCUT2D eigenvalue weighted by atomic mass is 9.66. The minimum absolute atomic E-state index is 0.538. The Morgan fingerprint density at radius 1 is 0.200 bits per heavy atom. The summed E-state index contributed by atoms with van der Waals surface area (Å²) in [6.07, 6.45) is 0. The van der Waals surface area contributed by atoms with Crippen molar-refractivity contribution >= 4 is 99.9 Å². The first-order chi connectivity index (χ1) is 52.1. The summed E-state index contributed by atoms with van der Waals surface area (Å²) in [5.74, 6) is 3.54. The van der Waals surface area contributed by atoms with Gasteiger partial charge in [0, 0.05) is 94.8 Å². The molecule has 105 heavy (non-hydrogen) atoms. The highest BCUT2D eigenvalue weighted by Crippen LogP contribution is 2.66. The molecule has 0 N–H and O–H groups in total. The van der Waals surface area contributed by atoms with Crippen LogP contribution in [0.15, 0.2) is 377 Å². The van der Waals surface area contributed by atoms with E-state index in [1.54, 1.807) is 0 Å². The largest absolute Gasteiger partial charge is 0.457 e. The predicted octanol–water partition coefficient (Wildman–Crippen LogP) is 26.6. The van der Waals surface area contributed by atoms with Gasteiger partial charge in [-0.2, -0.15) is 0 Å². The molecule has 0 bridgehead atoms. The molecule has 0 atom stereocenters. The molecule has 19 aromatic rings. The van der Waals surface area contributed by atoms with Crippen LogP contribution in [0.5, 0.6) is 23.0 Å². The summed E-state index contributed by atoms with van der Waals surface area (Å²) >= 11 is 0. The number of nitrogens with zero attached hydrogens (tertiary/aromatic N) is 2. The van der Waals surface area contributed by atoms with Gasteiger partial charge >= 0.3 is 0 Å². The minimum Gasteiger partial charge on any atom is -0.457 e. The van der Waals surface area contributed by atoms with Gasteiger partial charge in [-0.3, -0.25) is 0 Å². The van der Waals surface area contributed by atoms with Crippen LogP contribution in [-0.4, -0.2) is 0 Å². The summed E-state index contributed by atoms with van der Waals surface area (Å²) in [5.41, 5.74) is 27.3. The van der Waals surface area contributed by atoms with E-state index in [9.17, 15) is 0 Å². The van der Waals surface area contributed by atoms with Gasteiger partial charge in [0.15, 0.2) is 0 Å². The quantitative estimate of drug-likeness (QED) is 0.158. The van der Waals surface area contributed by atoms with E-state index < -0.39 is 10.8 Å². The predicted molar refractivity (Wildman–Crippen MR) is 424 cm³/mol. The number of hydrogen-bond donors (Lipinski definition) is 0. The SMILES string of the molecule is c1ccc(-c2ccc(N(c3ccccc3)c3ccc4oc5ccc6c(c5c4c3)-c3ccccc3C63c4ccccc4Oc4ccccc43)cc2)cc1.c1ccc(N(c2ccc3c(c2)oc2ccccc23)c2ccc3oc4ccc5c(c4c3c2)-c2ccccc2C52c3ccccc3Oc3ccccc32)cc1. The third-order valence-electron chi connectivity index (χ3n) is 22.3. The van der Waals surface area contributed by atoms with Gasteiger partial charge in [-0.15, -0.1) is 0 Å². The van der Waals surface area contributed by atoms with Crippen LogP contribution >= 0.6 is 0 Å². The monoisotopic (exact) mass is 1340 g/mol. The van der Waals surface area contributed by atoms with Crippen molar-refractivity contribution in [3.8, 4) is 56.4 Å². The Morgan fingerprint density at radius 3 is 1.03 bits per heavy atom. The molecule has 7 nitrogen and oxygen atoms in total. The first-order valence-corrected chi connectivity index (χ1v) is 35.8. The van der Waals surface area contributed by atoms with Crippen LogP contribution in [0.1, 0.15) is 44.5 Å². The molecule has 7 heteroatoms. The maximum absolute atomic E-state index is 6.69. The average molecular weight is 1350 g/mol. The second-order valence-electron chi connectivity index (χ2n) is 27.6. The van der Waals surface area contributed by atoms with Crippen molar-refractivity contribution in [2.75, 3.05) is 9.80 Å². The summed E-state index contributed by atoms with van der Waals surface area (Å²) in [4.78, 5) is 4.63. The standard InChI is InChI=1S/C49H29NO3.C49H31NO2/c1-2-12-30(13-3-1)50(32-22-24-34-33-14-5-9-19-41(33)52-46(34)29-32)31-23-26-42-36(28-31)48-45(51-42)27-25-40-47(48)35-15-4-6-16-37(35)49(40)38-17-7-10-20-43(38)53-44-21-11-8-18-39(44)49;1-3-13-32(14-4-1)33-23-25-35(26-24-33)50(34-15-5-2-6-16-34)36-27-29-43-38(31-36)48-46(51-43)30-28-42-47(48)37-17-7-8-18-39(37)49(42)40-19-9-11-21-44(40)52-45-22-12-10-20-41(45)49/h1-29H;1-31H. The molecule has 0 saturated heterocycles. The number of benzene rings is 16. The highest BCUT2D eigenvalue weighted by Gasteiger charge is 2.53. The molecule has 492 valence electrons. The van der Waals surface area contributed by atoms with Gasteiger partial charge in [-0.1, -0.05) is 231 Å². The van der Waals surface area contributed by atoms with Gasteiger partial charge in [0.05, 0.1) is 10.8 Å². The summed E-state index contributed by atoms with van der Waals surface area (Å²) < 4.78 is 32.9. The highest BCUT2D eigenvalue weighted by atomic mass is 16.5. The Labute approximate surface area is 604 Å². The van der Waals surface area contributed by atoms with E-state index in [0.29, 0.717) is 0 Å². The summed E-state index contributed by atoms with van der Waals surface area (Å²) in [6, 6.07) is 129. The van der Waals surface area contributed by atoms with E-state index in [1.807, 2.05) is 12.1 Å². The van der Waals surface area contributed by atoms with E-state index in [4.69, 9.17) is 22.7 Å². The fourth-order valence-corrected chi connectivity index (χ4v) is 18.0. The molecule has 0 saturated carbocycles. The van der Waals surface area contributed by atoms with Crippen molar-refractivity contribution in [3.05, 3.63) is 408 Å². The van der Waals surface area contributed by atoms with E-state index in [1.165, 1.54) is 55.6 Å².